The Labute approximate surface area is 136 Å². The zero-order chi connectivity index (χ0) is 16.4. The molecular weight excluding hydrogens is 292 g/mol. The molecule has 0 atom stereocenters. The third-order valence-corrected chi connectivity index (χ3v) is 4.24. The summed E-state index contributed by atoms with van der Waals surface area (Å²) < 4.78 is 5.44. The first-order valence-electron chi connectivity index (χ1n) is 8.32. The minimum atomic E-state index is -0.0763. The van der Waals surface area contributed by atoms with Gasteiger partial charge < -0.3 is 15.2 Å². The molecule has 1 fully saturated rings. The SMILES string of the molecule is Cc1cc(C(=O)NCC(C)C)c2c(C3CCNCC3)noc2n1. The highest BCUT2D eigenvalue weighted by molar-refractivity contribution is 6.06. The molecule has 2 aromatic heterocycles. The standard InChI is InChI=1S/C17H24N4O2/c1-10(2)9-19-16(22)13-8-11(3)20-17-14(13)15(21-23-17)12-4-6-18-7-5-12/h8,10,12,18H,4-7,9H2,1-3H3,(H,19,22). The van der Waals surface area contributed by atoms with Crippen LogP contribution in [0, 0.1) is 12.8 Å². The second kappa shape index (κ2) is 6.66. The number of carbonyl (C=O) groups is 1. The van der Waals surface area contributed by atoms with Crippen LogP contribution in [0.15, 0.2) is 10.6 Å². The van der Waals surface area contributed by atoms with Gasteiger partial charge in [0.15, 0.2) is 0 Å². The molecule has 1 aliphatic rings. The molecule has 6 nitrogen and oxygen atoms in total. The summed E-state index contributed by atoms with van der Waals surface area (Å²) in [6.45, 7) is 8.60. The van der Waals surface area contributed by atoms with E-state index >= 15 is 0 Å². The van der Waals surface area contributed by atoms with Gasteiger partial charge in [-0.25, -0.2) is 4.98 Å². The normalized spacial score (nSPS) is 16.2. The number of aromatic nitrogens is 2. The van der Waals surface area contributed by atoms with E-state index in [1.165, 1.54) is 0 Å². The van der Waals surface area contributed by atoms with E-state index in [2.05, 4.69) is 34.6 Å². The van der Waals surface area contributed by atoms with Crippen LogP contribution in [0.3, 0.4) is 0 Å². The molecule has 0 saturated carbocycles. The Morgan fingerprint density at radius 1 is 1.43 bits per heavy atom. The van der Waals surface area contributed by atoms with Gasteiger partial charge in [-0.05, 0) is 44.8 Å². The number of aryl methyl sites for hydroxylation is 1. The summed E-state index contributed by atoms with van der Waals surface area (Å²) in [5, 5.41) is 11.4. The first-order chi connectivity index (χ1) is 11.1. The van der Waals surface area contributed by atoms with Gasteiger partial charge in [-0.2, -0.15) is 0 Å². The van der Waals surface area contributed by atoms with Gasteiger partial charge in [0.2, 0.25) is 0 Å². The topological polar surface area (TPSA) is 80.0 Å². The molecule has 2 aromatic rings. The van der Waals surface area contributed by atoms with Crippen LogP contribution in [0.5, 0.6) is 0 Å². The summed E-state index contributed by atoms with van der Waals surface area (Å²) in [7, 11) is 0. The van der Waals surface area contributed by atoms with E-state index in [1.54, 1.807) is 0 Å². The molecule has 1 aliphatic heterocycles. The predicted molar refractivity (Wildman–Crippen MR) is 88.6 cm³/mol. The van der Waals surface area contributed by atoms with Crippen molar-refractivity contribution in [1.82, 2.24) is 20.8 Å². The van der Waals surface area contributed by atoms with Gasteiger partial charge in [0, 0.05) is 18.2 Å². The van der Waals surface area contributed by atoms with E-state index in [9.17, 15) is 4.79 Å². The molecule has 0 unspecified atom stereocenters. The number of hydrogen-bond donors (Lipinski definition) is 2. The van der Waals surface area contributed by atoms with Gasteiger partial charge in [-0.3, -0.25) is 4.79 Å². The summed E-state index contributed by atoms with van der Waals surface area (Å²) in [6.07, 6.45) is 2.01. The summed E-state index contributed by atoms with van der Waals surface area (Å²) >= 11 is 0. The molecule has 0 aromatic carbocycles. The second-order valence-corrected chi connectivity index (χ2v) is 6.69. The lowest BCUT2D eigenvalue weighted by molar-refractivity contribution is 0.0950. The molecule has 0 radical (unpaired) electrons. The number of hydrogen-bond acceptors (Lipinski definition) is 5. The fourth-order valence-electron chi connectivity index (χ4n) is 3.04. The van der Waals surface area contributed by atoms with Crippen LogP contribution in [-0.2, 0) is 0 Å². The van der Waals surface area contributed by atoms with Gasteiger partial charge >= 0.3 is 0 Å². The Bertz CT molecular complexity index is 702. The van der Waals surface area contributed by atoms with Crippen LogP contribution in [-0.4, -0.2) is 35.7 Å². The largest absolute Gasteiger partial charge is 0.352 e. The van der Waals surface area contributed by atoms with Crippen molar-refractivity contribution in [2.75, 3.05) is 19.6 Å². The zero-order valence-corrected chi connectivity index (χ0v) is 14.0. The van der Waals surface area contributed by atoms with E-state index in [1.807, 2.05) is 13.0 Å². The van der Waals surface area contributed by atoms with Crippen LogP contribution in [0.1, 0.15) is 54.4 Å². The second-order valence-electron chi connectivity index (χ2n) is 6.69. The first-order valence-corrected chi connectivity index (χ1v) is 8.32. The maximum absolute atomic E-state index is 12.6. The van der Waals surface area contributed by atoms with Gasteiger partial charge in [0.25, 0.3) is 11.6 Å². The molecule has 1 saturated heterocycles. The van der Waals surface area contributed by atoms with Crippen molar-refractivity contribution in [3.8, 4) is 0 Å². The highest BCUT2D eigenvalue weighted by Gasteiger charge is 2.26. The molecular formula is C17H24N4O2. The Morgan fingerprint density at radius 3 is 2.87 bits per heavy atom. The maximum Gasteiger partial charge on any atom is 0.259 e. The fraction of sp³-hybridized carbons (Fsp3) is 0.588. The van der Waals surface area contributed by atoms with Crippen LogP contribution < -0.4 is 10.6 Å². The fourth-order valence-corrected chi connectivity index (χ4v) is 3.04. The van der Waals surface area contributed by atoms with E-state index in [4.69, 9.17) is 4.52 Å². The minimum Gasteiger partial charge on any atom is -0.352 e. The zero-order valence-electron chi connectivity index (χ0n) is 14.0. The van der Waals surface area contributed by atoms with Crippen LogP contribution in [0.25, 0.3) is 11.1 Å². The van der Waals surface area contributed by atoms with Crippen LogP contribution in [0.4, 0.5) is 0 Å². The number of fused-ring (bicyclic) bond motifs is 1. The maximum atomic E-state index is 12.6. The molecule has 0 spiro atoms. The molecule has 6 heteroatoms. The van der Waals surface area contributed by atoms with Crippen molar-refractivity contribution in [1.29, 1.82) is 0 Å². The molecule has 23 heavy (non-hydrogen) atoms. The highest BCUT2D eigenvalue weighted by atomic mass is 16.5. The molecule has 2 N–H and O–H groups in total. The lowest BCUT2D eigenvalue weighted by atomic mass is 9.91. The third-order valence-electron chi connectivity index (χ3n) is 4.24. The monoisotopic (exact) mass is 316 g/mol. The van der Waals surface area contributed by atoms with Crippen LogP contribution >= 0.6 is 0 Å². The van der Waals surface area contributed by atoms with Gasteiger partial charge in [-0.15, -0.1) is 0 Å². The van der Waals surface area contributed by atoms with Crippen molar-refractivity contribution in [3.05, 3.63) is 23.0 Å². The number of nitrogens with one attached hydrogen (secondary N) is 2. The lowest BCUT2D eigenvalue weighted by Gasteiger charge is -2.21. The van der Waals surface area contributed by atoms with E-state index in [0.29, 0.717) is 29.7 Å². The Balaban J connectivity index is 2.01. The Hall–Kier alpha value is -1.95. The van der Waals surface area contributed by atoms with E-state index in [0.717, 1.165) is 42.7 Å². The molecule has 0 aliphatic carbocycles. The molecule has 1 amide bonds. The van der Waals surface area contributed by atoms with Crippen molar-refractivity contribution in [2.45, 2.75) is 39.5 Å². The van der Waals surface area contributed by atoms with Crippen molar-refractivity contribution < 1.29 is 9.32 Å². The lowest BCUT2D eigenvalue weighted by Crippen LogP contribution is -2.28. The number of amides is 1. The molecule has 3 heterocycles. The number of nitrogens with zero attached hydrogens (tertiary/aromatic N) is 2. The Morgan fingerprint density at radius 2 is 2.17 bits per heavy atom. The number of pyridine rings is 1. The quantitative estimate of drug-likeness (QED) is 0.905. The molecule has 3 rings (SSSR count). The summed E-state index contributed by atoms with van der Waals surface area (Å²) in [5.41, 5.74) is 2.74. The van der Waals surface area contributed by atoms with E-state index in [-0.39, 0.29) is 5.91 Å². The van der Waals surface area contributed by atoms with Gasteiger partial charge in [-0.1, -0.05) is 19.0 Å². The summed E-state index contributed by atoms with van der Waals surface area (Å²) in [6, 6.07) is 1.83. The summed E-state index contributed by atoms with van der Waals surface area (Å²) in [5.74, 6) is 0.648. The number of piperidine rings is 1. The average Bonchev–Trinajstić information content (AvgIpc) is 2.96. The van der Waals surface area contributed by atoms with Crippen molar-refractivity contribution in [2.24, 2.45) is 5.92 Å². The Kier molecular flexibility index (Phi) is 4.61. The van der Waals surface area contributed by atoms with Crippen LogP contribution in [0.2, 0.25) is 0 Å². The van der Waals surface area contributed by atoms with Gasteiger partial charge in [0.1, 0.15) is 0 Å². The third kappa shape index (κ3) is 3.37. The smallest absolute Gasteiger partial charge is 0.259 e. The van der Waals surface area contributed by atoms with Crippen molar-refractivity contribution in [3.63, 3.8) is 0 Å². The average molecular weight is 316 g/mol. The molecule has 0 bridgehead atoms. The van der Waals surface area contributed by atoms with Gasteiger partial charge in [0.05, 0.1) is 16.6 Å². The minimum absolute atomic E-state index is 0.0763. The molecule has 124 valence electrons. The van der Waals surface area contributed by atoms with Crippen molar-refractivity contribution >= 4 is 17.0 Å². The first kappa shape index (κ1) is 15.9. The number of rotatable bonds is 4. The predicted octanol–water partition coefficient (Wildman–Crippen LogP) is 2.38. The summed E-state index contributed by atoms with van der Waals surface area (Å²) in [4.78, 5) is 17.0. The van der Waals surface area contributed by atoms with E-state index < -0.39 is 0 Å². The number of carbonyl (C=O) groups excluding carboxylic acids is 1. The highest BCUT2D eigenvalue weighted by Crippen LogP contribution is 2.32.